The third-order valence-electron chi connectivity index (χ3n) is 4.74. The molecule has 0 spiro atoms. The average Bonchev–Trinajstić information content (AvgIpc) is 3.25. The molecule has 0 aliphatic heterocycles. The molecule has 0 atom stereocenters. The van der Waals surface area contributed by atoms with Crippen LogP contribution in [-0.4, -0.2) is 32.2 Å². The molecule has 4 aromatic rings. The van der Waals surface area contributed by atoms with Crippen LogP contribution in [-0.2, 0) is 0 Å². The van der Waals surface area contributed by atoms with Crippen LogP contribution in [0.25, 0.3) is 22.0 Å². The van der Waals surface area contributed by atoms with Crippen molar-refractivity contribution in [2.24, 2.45) is 0 Å². The number of carbonyl (C=O) groups excluding carboxylic acids is 1. The molecule has 0 aliphatic carbocycles. The van der Waals surface area contributed by atoms with Gasteiger partial charge in [-0.3, -0.25) is 10.1 Å². The van der Waals surface area contributed by atoms with E-state index in [1.807, 2.05) is 29.6 Å². The lowest BCUT2D eigenvalue weighted by Gasteiger charge is -2.15. The van der Waals surface area contributed by atoms with Crippen LogP contribution in [0.5, 0.6) is 17.2 Å². The molecule has 1 aromatic heterocycles. The van der Waals surface area contributed by atoms with E-state index in [9.17, 15) is 4.79 Å². The lowest BCUT2D eigenvalue weighted by Crippen LogP contribution is -2.13. The summed E-state index contributed by atoms with van der Waals surface area (Å²) in [6, 6.07) is 17.5. The second-order valence-corrected chi connectivity index (χ2v) is 7.26. The van der Waals surface area contributed by atoms with Gasteiger partial charge in [0.1, 0.15) is 0 Å². The van der Waals surface area contributed by atoms with Gasteiger partial charge >= 0.3 is 0 Å². The van der Waals surface area contributed by atoms with Crippen LogP contribution < -0.4 is 19.5 Å². The minimum absolute atomic E-state index is 0.306. The van der Waals surface area contributed by atoms with Gasteiger partial charge in [-0.2, -0.15) is 0 Å². The van der Waals surface area contributed by atoms with Crippen molar-refractivity contribution >= 4 is 33.1 Å². The Hall–Kier alpha value is -3.58. The topological polar surface area (TPSA) is 69.7 Å². The van der Waals surface area contributed by atoms with Crippen LogP contribution in [0.2, 0.25) is 0 Å². The number of ether oxygens (including phenoxy) is 3. The lowest BCUT2D eigenvalue weighted by atomic mass is 10.0. The van der Waals surface area contributed by atoms with Crippen LogP contribution >= 0.6 is 11.3 Å². The van der Waals surface area contributed by atoms with E-state index in [4.69, 9.17) is 14.2 Å². The molecule has 3 aromatic carbocycles. The van der Waals surface area contributed by atoms with E-state index in [2.05, 4.69) is 28.5 Å². The highest BCUT2D eigenvalue weighted by Gasteiger charge is 2.21. The van der Waals surface area contributed by atoms with Gasteiger partial charge in [0.15, 0.2) is 16.6 Å². The van der Waals surface area contributed by atoms with Gasteiger partial charge in [0.05, 0.1) is 32.6 Å². The molecule has 30 heavy (non-hydrogen) atoms. The number of fused-ring (bicyclic) bond motifs is 1. The summed E-state index contributed by atoms with van der Waals surface area (Å²) in [5, 5.41) is 7.54. The average molecular weight is 420 g/mol. The maximum atomic E-state index is 12.9. The van der Waals surface area contributed by atoms with Crippen LogP contribution in [0.1, 0.15) is 10.4 Å². The van der Waals surface area contributed by atoms with Crippen LogP contribution in [0.4, 0.5) is 5.13 Å². The van der Waals surface area contributed by atoms with Crippen molar-refractivity contribution in [3.05, 3.63) is 65.5 Å². The Bertz CT molecular complexity index is 1210. The second kappa shape index (κ2) is 8.42. The minimum Gasteiger partial charge on any atom is -0.493 e. The Labute approximate surface area is 178 Å². The summed E-state index contributed by atoms with van der Waals surface area (Å²) in [6.45, 7) is 0. The van der Waals surface area contributed by atoms with Gasteiger partial charge in [0, 0.05) is 10.9 Å². The predicted molar refractivity (Wildman–Crippen MR) is 119 cm³/mol. The number of thiazole rings is 1. The van der Waals surface area contributed by atoms with Gasteiger partial charge in [0.25, 0.3) is 5.91 Å². The highest BCUT2D eigenvalue weighted by Crippen LogP contribution is 2.40. The van der Waals surface area contributed by atoms with Gasteiger partial charge in [-0.15, -0.1) is 11.3 Å². The zero-order valence-corrected chi connectivity index (χ0v) is 17.6. The van der Waals surface area contributed by atoms with Crippen molar-refractivity contribution < 1.29 is 19.0 Å². The number of aromatic nitrogens is 1. The number of hydrogen-bond acceptors (Lipinski definition) is 6. The van der Waals surface area contributed by atoms with Gasteiger partial charge in [-0.25, -0.2) is 4.98 Å². The normalized spacial score (nSPS) is 10.6. The maximum Gasteiger partial charge on any atom is 0.261 e. The maximum absolute atomic E-state index is 12.9. The Morgan fingerprint density at radius 1 is 0.900 bits per heavy atom. The molecule has 4 rings (SSSR count). The first-order valence-electron chi connectivity index (χ1n) is 9.20. The fourth-order valence-corrected chi connectivity index (χ4v) is 4.05. The molecule has 7 heteroatoms. The highest BCUT2D eigenvalue weighted by molar-refractivity contribution is 7.14. The van der Waals surface area contributed by atoms with E-state index in [1.165, 1.54) is 32.7 Å². The van der Waals surface area contributed by atoms with Crippen molar-refractivity contribution in [1.82, 2.24) is 4.98 Å². The first-order chi connectivity index (χ1) is 14.7. The van der Waals surface area contributed by atoms with Gasteiger partial charge in [-0.1, -0.05) is 42.5 Å². The summed E-state index contributed by atoms with van der Waals surface area (Å²) in [5.74, 6) is 0.813. The number of nitrogens with one attached hydrogen (secondary N) is 1. The summed E-state index contributed by atoms with van der Waals surface area (Å²) in [7, 11) is 4.51. The number of nitrogens with zero attached hydrogens (tertiary/aromatic N) is 1. The monoisotopic (exact) mass is 420 g/mol. The molecule has 1 N–H and O–H groups in total. The molecule has 6 nitrogen and oxygen atoms in total. The number of rotatable bonds is 6. The summed E-state index contributed by atoms with van der Waals surface area (Å²) < 4.78 is 16.0. The molecule has 1 heterocycles. The molecule has 1 amide bonds. The van der Waals surface area contributed by atoms with Crippen molar-refractivity contribution in [2.45, 2.75) is 0 Å². The Kier molecular flexibility index (Phi) is 5.54. The number of anilines is 1. The highest BCUT2D eigenvalue weighted by atomic mass is 32.1. The number of carbonyl (C=O) groups is 1. The fourth-order valence-electron chi connectivity index (χ4n) is 3.35. The van der Waals surface area contributed by atoms with Crippen molar-refractivity contribution in [1.29, 1.82) is 0 Å². The third-order valence-corrected chi connectivity index (χ3v) is 5.50. The molecule has 0 saturated carbocycles. The van der Waals surface area contributed by atoms with Crippen LogP contribution in [0.15, 0.2) is 60.0 Å². The second-order valence-electron chi connectivity index (χ2n) is 6.40. The molecule has 0 radical (unpaired) electrons. The van der Waals surface area contributed by atoms with E-state index in [0.29, 0.717) is 27.9 Å². The molecule has 0 bridgehead atoms. The van der Waals surface area contributed by atoms with E-state index in [0.717, 1.165) is 22.0 Å². The molecule has 0 aliphatic rings. The molecule has 0 unspecified atom stereocenters. The van der Waals surface area contributed by atoms with Crippen LogP contribution in [0.3, 0.4) is 0 Å². The van der Waals surface area contributed by atoms with E-state index in [1.54, 1.807) is 12.1 Å². The van der Waals surface area contributed by atoms with Crippen LogP contribution in [0, 0.1) is 0 Å². The van der Waals surface area contributed by atoms with E-state index in [-0.39, 0.29) is 5.91 Å². The first kappa shape index (κ1) is 19.7. The van der Waals surface area contributed by atoms with E-state index >= 15 is 0 Å². The summed E-state index contributed by atoms with van der Waals surface area (Å²) in [5.41, 5.74) is 2.16. The molecule has 0 saturated heterocycles. The predicted octanol–water partition coefficient (Wildman–Crippen LogP) is 5.24. The van der Waals surface area contributed by atoms with Gasteiger partial charge in [-0.05, 0) is 22.9 Å². The summed E-state index contributed by atoms with van der Waals surface area (Å²) in [6.07, 6.45) is 0. The Morgan fingerprint density at radius 3 is 2.43 bits per heavy atom. The smallest absolute Gasteiger partial charge is 0.261 e. The quantitative estimate of drug-likeness (QED) is 0.462. The number of amides is 1. The fraction of sp³-hybridized carbons (Fsp3) is 0.130. The number of hydrogen-bond donors (Lipinski definition) is 1. The zero-order valence-electron chi connectivity index (χ0n) is 16.8. The van der Waals surface area contributed by atoms with Gasteiger partial charge in [0.2, 0.25) is 5.75 Å². The van der Waals surface area contributed by atoms with Crippen molar-refractivity contribution in [2.75, 3.05) is 26.6 Å². The number of methoxy groups -OCH3 is 3. The standard InChI is InChI=1S/C23H20N2O4S/c1-27-19-12-11-17(20(28-2)21(19)29-3)22(26)25-23-24-18(13-30-23)16-10-6-8-14-7-4-5-9-15(14)16/h4-13H,1-3H3,(H,24,25,26). The summed E-state index contributed by atoms with van der Waals surface area (Å²) in [4.78, 5) is 17.5. The molecule has 0 fully saturated rings. The SMILES string of the molecule is COc1ccc(C(=O)Nc2nc(-c3cccc4ccccc34)cs2)c(OC)c1OC. The minimum atomic E-state index is -0.341. The molecular weight excluding hydrogens is 400 g/mol. The molecule has 152 valence electrons. The first-order valence-corrected chi connectivity index (χ1v) is 10.1. The van der Waals surface area contributed by atoms with E-state index < -0.39 is 0 Å². The summed E-state index contributed by atoms with van der Waals surface area (Å²) >= 11 is 1.37. The number of benzene rings is 3. The largest absolute Gasteiger partial charge is 0.493 e. The third kappa shape index (κ3) is 3.55. The van der Waals surface area contributed by atoms with Crippen molar-refractivity contribution in [3.63, 3.8) is 0 Å². The van der Waals surface area contributed by atoms with Crippen molar-refractivity contribution in [3.8, 4) is 28.5 Å². The zero-order chi connectivity index (χ0) is 21.1. The Morgan fingerprint density at radius 2 is 1.67 bits per heavy atom. The van der Waals surface area contributed by atoms with Gasteiger partial charge < -0.3 is 14.2 Å². The lowest BCUT2D eigenvalue weighted by molar-refractivity contribution is 0.102. The Balaban J connectivity index is 1.64. The molecular formula is C23H20N2O4S.